The zero-order chi connectivity index (χ0) is 10.4. The fourth-order valence-electron chi connectivity index (χ4n) is 0.809. The van der Waals surface area contributed by atoms with Crippen LogP contribution in [-0.2, 0) is 4.74 Å². The zero-order valence-corrected chi connectivity index (χ0v) is 8.30. The highest BCUT2D eigenvalue weighted by molar-refractivity contribution is 5.88. The number of nitrogens with zero attached hydrogens (tertiary/aromatic N) is 3. The molecule has 5 nitrogen and oxygen atoms in total. The molecule has 1 rings (SSSR count). The van der Waals surface area contributed by atoms with Gasteiger partial charge in [0.1, 0.15) is 12.9 Å². The number of likely N-dealkylation sites (N-methyl/N-ethyl adjacent to an activating group) is 1. The summed E-state index contributed by atoms with van der Waals surface area (Å²) in [6.07, 6.45) is 4.24. The van der Waals surface area contributed by atoms with Gasteiger partial charge in [0.25, 0.3) is 0 Å². The molecule has 0 amide bonds. The van der Waals surface area contributed by atoms with E-state index in [1.54, 1.807) is 0 Å². The third-order valence-electron chi connectivity index (χ3n) is 1.57. The van der Waals surface area contributed by atoms with Crippen molar-refractivity contribution in [2.24, 2.45) is 0 Å². The Bertz CT molecular complexity index is 287. The van der Waals surface area contributed by atoms with Crippen molar-refractivity contribution in [3.8, 4) is 0 Å². The van der Waals surface area contributed by atoms with Gasteiger partial charge in [0.2, 0.25) is 0 Å². The van der Waals surface area contributed by atoms with Crippen LogP contribution in [0.1, 0.15) is 10.4 Å². The van der Waals surface area contributed by atoms with E-state index < -0.39 is 0 Å². The van der Waals surface area contributed by atoms with Crippen LogP contribution >= 0.6 is 0 Å². The van der Waals surface area contributed by atoms with Crippen molar-refractivity contribution in [2.75, 3.05) is 27.2 Å². The summed E-state index contributed by atoms with van der Waals surface area (Å²) in [6, 6.07) is 0. The van der Waals surface area contributed by atoms with E-state index in [0.29, 0.717) is 18.7 Å². The van der Waals surface area contributed by atoms with Crippen LogP contribution in [0, 0.1) is 0 Å². The molecular weight excluding hydrogens is 182 g/mol. The zero-order valence-electron chi connectivity index (χ0n) is 8.30. The third-order valence-corrected chi connectivity index (χ3v) is 1.57. The Hall–Kier alpha value is -1.49. The van der Waals surface area contributed by atoms with Gasteiger partial charge in [0.15, 0.2) is 0 Å². The van der Waals surface area contributed by atoms with E-state index in [2.05, 4.69) is 9.97 Å². The fraction of sp³-hybridized carbons (Fsp3) is 0.444. The second kappa shape index (κ2) is 5.29. The van der Waals surface area contributed by atoms with Gasteiger partial charge in [0, 0.05) is 18.9 Å². The lowest BCUT2D eigenvalue weighted by Gasteiger charge is -2.09. The maximum atomic E-state index is 11.3. The molecule has 0 bridgehead atoms. The minimum Gasteiger partial charge on any atom is -0.461 e. The van der Waals surface area contributed by atoms with Gasteiger partial charge < -0.3 is 9.64 Å². The second-order valence-electron chi connectivity index (χ2n) is 3.07. The van der Waals surface area contributed by atoms with Crippen LogP contribution in [0.5, 0.6) is 0 Å². The van der Waals surface area contributed by atoms with E-state index in [-0.39, 0.29) is 5.97 Å². The quantitative estimate of drug-likeness (QED) is 0.642. The van der Waals surface area contributed by atoms with Gasteiger partial charge in [-0.1, -0.05) is 0 Å². The van der Waals surface area contributed by atoms with Gasteiger partial charge in [0.05, 0.1) is 5.56 Å². The van der Waals surface area contributed by atoms with Crippen LogP contribution in [0.15, 0.2) is 18.7 Å². The molecule has 0 atom stereocenters. The molecule has 0 saturated carbocycles. The van der Waals surface area contributed by atoms with Gasteiger partial charge >= 0.3 is 5.97 Å². The predicted molar refractivity (Wildman–Crippen MR) is 50.9 cm³/mol. The summed E-state index contributed by atoms with van der Waals surface area (Å²) < 4.78 is 4.98. The number of hydrogen-bond donors (Lipinski definition) is 0. The molecule has 1 aromatic rings. The molecule has 5 heteroatoms. The first-order valence-corrected chi connectivity index (χ1v) is 4.27. The summed E-state index contributed by atoms with van der Waals surface area (Å²) in [4.78, 5) is 20.7. The summed E-state index contributed by atoms with van der Waals surface area (Å²) in [5.74, 6) is -0.382. The van der Waals surface area contributed by atoms with Crippen LogP contribution in [-0.4, -0.2) is 48.1 Å². The Labute approximate surface area is 82.7 Å². The van der Waals surface area contributed by atoms with Gasteiger partial charge in [-0.2, -0.15) is 0 Å². The van der Waals surface area contributed by atoms with Crippen LogP contribution < -0.4 is 0 Å². The number of ether oxygens (including phenoxy) is 1. The van der Waals surface area contributed by atoms with Crippen molar-refractivity contribution in [3.05, 3.63) is 24.3 Å². The van der Waals surface area contributed by atoms with Gasteiger partial charge in [-0.25, -0.2) is 14.8 Å². The molecular formula is C9H13N3O2. The third kappa shape index (κ3) is 3.49. The average molecular weight is 195 g/mol. The molecule has 0 saturated heterocycles. The fourth-order valence-corrected chi connectivity index (χ4v) is 0.809. The van der Waals surface area contributed by atoms with E-state index in [9.17, 15) is 4.79 Å². The maximum Gasteiger partial charge on any atom is 0.341 e. The first-order chi connectivity index (χ1) is 6.70. The van der Waals surface area contributed by atoms with Crippen LogP contribution in [0.3, 0.4) is 0 Å². The van der Waals surface area contributed by atoms with Gasteiger partial charge in [-0.3, -0.25) is 0 Å². The predicted octanol–water partition coefficient (Wildman–Crippen LogP) is 0.195. The monoisotopic (exact) mass is 195 g/mol. The standard InChI is InChI=1S/C9H13N3O2/c1-12(2)3-4-14-9(13)8-5-10-7-11-6-8/h5-7H,3-4H2,1-2H3. The Kier molecular flexibility index (Phi) is 4.00. The van der Waals surface area contributed by atoms with Crippen molar-refractivity contribution in [1.29, 1.82) is 0 Å². The summed E-state index contributed by atoms with van der Waals surface area (Å²) >= 11 is 0. The van der Waals surface area contributed by atoms with Crippen molar-refractivity contribution < 1.29 is 9.53 Å². The molecule has 0 aliphatic carbocycles. The highest BCUT2D eigenvalue weighted by Crippen LogP contribution is 1.96. The number of hydrogen-bond acceptors (Lipinski definition) is 5. The molecule has 0 aliphatic rings. The molecule has 0 N–H and O–H groups in total. The summed E-state index contributed by atoms with van der Waals surface area (Å²) in [5, 5.41) is 0. The molecule has 0 fully saturated rings. The van der Waals surface area contributed by atoms with Crippen molar-refractivity contribution in [1.82, 2.24) is 14.9 Å². The lowest BCUT2D eigenvalue weighted by Crippen LogP contribution is -2.20. The summed E-state index contributed by atoms with van der Waals surface area (Å²) in [7, 11) is 3.83. The van der Waals surface area contributed by atoms with Gasteiger partial charge in [-0.15, -0.1) is 0 Å². The lowest BCUT2D eigenvalue weighted by atomic mass is 10.3. The van der Waals surface area contributed by atoms with Crippen LogP contribution in [0.2, 0.25) is 0 Å². The van der Waals surface area contributed by atoms with E-state index in [4.69, 9.17) is 4.74 Å². The first kappa shape index (κ1) is 10.6. The maximum absolute atomic E-state index is 11.3. The number of carbonyl (C=O) groups excluding carboxylic acids is 1. The lowest BCUT2D eigenvalue weighted by molar-refractivity contribution is 0.0481. The Morgan fingerprint density at radius 3 is 2.64 bits per heavy atom. The van der Waals surface area contributed by atoms with Crippen LogP contribution in [0.25, 0.3) is 0 Å². The topological polar surface area (TPSA) is 55.3 Å². The summed E-state index contributed by atoms with van der Waals surface area (Å²) in [6.45, 7) is 1.08. The smallest absolute Gasteiger partial charge is 0.341 e. The number of carbonyl (C=O) groups is 1. The van der Waals surface area contributed by atoms with Crippen molar-refractivity contribution in [3.63, 3.8) is 0 Å². The Balaban J connectivity index is 2.36. The van der Waals surface area contributed by atoms with Crippen molar-refractivity contribution in [2.45, 2.75) is 0 Å². The molecule has 0 aliphatic heterocycles. The Morgan fingerprint density at radius 2 is 2.07 bits per heavy atom. The molecule has 14 heavy (non-hydrogen) atoms. The highest BCUT2D eigenvalue weighted by atomic mass is 16.5. The molecule has 0 radical (unpaired) electrons. The number of esters is 1. The van der Waals surface area contributed by atoms with E-state index in [1.807, 2.05) is 19.0 Å². The molecule has 1 aromatic heterocycles. The van der Waals surface area contributed by atoms with E-state index in [0.717, 1.165) is 0 Å². The van der Waals surface area contributed by atoms with E-state index >= 15 is 0 Å². The van der Waals surface area contributed by atoms with Crippen molar-refractivity contribution >= 4 is 5.97 Å². The number of rotatable bonds is 4. The normalized spacial score (nSPS) is 10.2. The molecule has 0 aromatic carbocycles. The minimum absolute atomic E-state index is 0.376. The average Bonchev–Trinajstić information content (AvgIpc) is 2.18. The molecule has 0 unspecified atom stereocenters. The molecule has 0 spiro atoms. The Morgan fingerprint density at radius 1 is 1.43 bits per heavy atom. The molecule has 1 heterocycles. The number of aromatic nitrogens is 2. The van der Waals surface area contributed by atoms with E-state index in [1.165, 1.54) is 18.7 Å². The highest BCUT2D eigenvalue weighted by Gasteiger charge is 2.06. The largest absolute Gasteiger partial charge is 0.461 e. The minimum atomic E-state index is -0.382. The second-order valence-corrected chi connectivity index (χ2v) is 3.07. The van der Waals surface area contributed by atoms with Gasteiger partial charge in [-0.05, 0) is 14.1 Å². The first-order valence-electron chi connectivity index (χ1n) is 4.27. The summed E-state index contributed by atoms with van der Waals surface area (Å²) in [5.41, 5.74) is 0.381. The van der Waals surface area contributed by atoms with Crippen LogP contribution in [0.4, 0.5) is 0 Å². The SMILES string of the molecule is CN(C)CCOC(=O)c1cncnc1. The molecule has 76 valence electrons.